The summed E-state index contributed by atoms with van der Waals surface area (Å²) >= 11 is 0. The van der Waals surface area contributed by atoms with Crippen LogP contribution in [0.3, 0.4) is 0 Å². The summed E-state index contributed by atoms with van der Waals surface area (Å²) in [7, 11) is 2.73. The first-order valence-electron chi connectivity index (χ1n) is 10.1. The highest BCUT2D eigenvalue weighted by atomic mass is 19.4. The molecule has 0 aliphatic heterocycles. The maximum atomic E-state index is 14.1. The van der Waals surface area contributed by atoms with Gasteiger partial charge in [0.1, 0.15) is 17.6 Å². The zero-order valence-electron chi connectivity index (χ0n) is 17.8. The molecule has 1 aromatic heterocycles. The lowest BCUT2D eigenvalue weighted by Gasteiger charge is -2.36. The highest BCUT2D eigenvalue weighted by molar-refractivity contribution is 5.81. The number of pyridine rings is 1. The molecule has 3 nitrogen and oxygen atoms in total. The number of ether oxygens (including phenoxy) is 1. The van der Waals surface area contributed by atoms with Gasteiger partial charge in [-0.15, -0.1) is 0 Å². The number of nitrogens with one attached hydrogen (secondary N) is 1. The molecule has 3 aromatic rings. The molecule has 1 heterocycles. The van der Waals surface area contributed by atoms with E-state index >= 15 is 0 Å². The Bertz CT molecular complexity index is 1030. The van der Waals surface area contributed by atoms with Crippen molar-refractivity contribution in [1.29, 1.82) is 0 Å². The molecule has 3 rings (SSSR count). The average Bonchev–Trinajstić information content (AvgIpc) is 2.75. The van der Waals surface area contributed by atoms with Crippen molar-refractivity contribution in [2.24, 2.45) is 0 Å². The van der Waals surface area contributed by atoms with E-state index in [9.17, 15) is 17.6 Å². The monoisotopic (exact) mass is 434 g/mol. The van der Waals surface area contributed by atoms with Crippen LogP contribution in [-0.2, 0) is 11.8 Å². The number of nitrogens with zero attached hydrogens (tertiary/aromatic N) is 1. The normalized spacial score (nSPS) is 14.9. The molecule has 2 aromatic carbocycles. The summed E-state index contributed by atoms with van der Waals surface area (Å²) in [5, 5.41) is 3.34. The van der Waals surface area contributed by atoms with E-state index in [0.29, 0.717) is 24.2 Å². The number of methoxy groups -OCH3 is 1. The van der Waals surface area contributed by atoms with Gasteiger partial charge in [-0.3, -0.25) is 4.98 Å². The lowest BCUT2D eigenvalue weighted by Crippen LogP contribution is -2.45. The van der Waals surface area contributed by atoms with Gasteiger partial charge in [0.15, 0.2) is 0 Å². The number of fused-ring (bicyclic) bond motifs is 1. The summed E-state index contributed by atoms with van der Waals surface area (Å²) in [5.41, 5.74) is 1.24. The van der Waals surface area contributed by atoms with Crippen molar-refractivity contribution in [3.05, 3.63) is 71.7 Å². The molecule has 0 saturated carbocycles. The fourth-order valence-electron chi connectivity index (χ4n) is 4.11. The van der Waals surface area contributed by atoms with Crippen LogP contribution >= 0.6 is 0 Å². The van der Waals surface area contributed by atoms with Crippen molar-refractivity contribution in [2.75, 3.05) is 14.2 Å². The molecule has 0 saturated heterocycles. The second-order valence-electron chi connectivity index (χ2n) is 7.98. The Hall–Kier alpha value is -2.67. The van der Waals surface area contributed by atoms with E-state index in [4.69, 9.17) is 4.74 Å². The predicted octanol–water partition coefficient (Wildman–Crippen LogP) is 5.81. The van der Waals surface area contributed by atoms with Crippen LogP contribution in [0.4, 0.5) is 17.6 Å². The summed E-state index contributed by atoms with van der Waals surface area (Å²) in [6, 6.07) is 11.8. The van der Waals surface area contributed by atoms with Crippen molar-refractivity contribution < 1.29 is 22.3 Å². The van der Waals surface area contributed by atoms with Gasteiger partial charge in [-0.25, -0.2) is 4.39 Å². The minimum absolute atomic E-state index is 0.254. The first-order valence-corrected chi connectivity index (χ1v) is 10.1. The van der Waals surface area contributed by atoms with Crippen molar-refractivity contribution in [3.63, 3.8) is 0 Å². The molecule has 0 aliphatic rings. The van der Waals surface area contributed by atoms with Gasteiger partial charge < -0.3 is 10.1 Å². The Morgan fingerprint density at radius 2 is 1.84 bits per heavy atom. The number of hydrogen-bond acceptors (Lipinski definition) is 3. The van der Waals surface area contributed by atoms with Crippen LogP contribution in [0.5, 0.6) is 5.75 Å². The summed E-state index contributed by atoms with van der Waals surface area (Å²) in [6.45, 7) is 1.74. The van der Waals surface area contributed by atoms with Gasteiger partial charge in [0.05, 0.1) is 12.6 Å². The van der Waals surface area contributed by atoms with Crippen LogP contribution in [0.1, 0.15) is 30.9 Å². The van der Waals surface area contributed by atoms with Crippen LogP contribution in [0.15, 0.2) is 54.7 Å². The van der Waals surface area contributed by atoms with Crippen LogP contribution in [0.2, 0.25) is 0 Å². The van der Waals surface area contributed by atoms with E-state index in [1.54, 1.807) is 13.1 Å². The minimum Gasteiger partial charge on any atom is -0.496 e. The van der Waals surface area contributed by atoms with Crippen molar-refractivity contribution in [1.82, 2.24) is 10.3 Å². The number of alkyl halides is 3. The van der Waals surface area contributed by atoms with Crippen molar-refractivity contribution in [3.8, 4) is 5.75 Å². The van der Waals surface area contributed by atoms with Gasteiger partial charge in [0, 0.05) is 17.1 Å². The summed E-state index contributed by atoms with van der Waals surface area (Å²) < 4.78 is 60.4. The first kappa shape index (κ1) is 23.0. The Kier molecular flexibility index (Phi) is 6.84. The van der Waals surface area contributed by atoms with E-state index in [0.717, 1.165) is 16.5 Å². The number of aromatic nitrogens is 1. The average molecular weight is 434 g/mol. The SMILES string of the molecule is CNC(CC(C)(CCc1ccnc2ccccc12)c1cc(F)ccc1OC)C(F)(F)F. The van der Waals surface area contributed by atoms with E-state index in [2.05, 4.69) is 10.3 Å². The molecular weight excluding hydrogens is 408 g/mol. The van der Waals surface area contributed by atoms with E-state index in [-0.39, 0.29) is 6.42 Å². The fraction of sp³-hybridized carbons (Fsp3) is 0.375. The maximum Gasteiger partial charge on any atom is 0.403 e. The van der Waals surface area contributed by atoms with Gasteiger partial charge in [-0.1, -0.05) is 25.1 Å². The highest BCUT2D eigenvalue weighted by Crippen LogP contribution is 2.42. The second-order valence-corrected chi connectivity index (χ2v) is 7.98. The topological polar surface area (TPSA) is 34.2 Å². The summed E-state index contributed by atoms with van der Waals surface area (Å²) in [5.74, 6) is -0.134. The van der Waals surface area contributed by atoms with Gasteiger partial charge in [-0.05, 0) is 67.6 Å². The summed E-state index contributed by atoms with van der Waals surface area (Å²) in [4.78, 5) is 4.35. The molecule has 2 atom stereocenters. The van der Waals surface area contributed by atoms with E-state index < -0.39 is 23.5 Å². The van der Waals surface area contributed by atoms with Crippen molar-refractivity contribution >= 4 is 10.9 Å². The quantitative estimate of drug-likeness (QED) is 0.454. The summed E-state index contributed by atoms with van der Waals surface area (Å²) in [6.07, 6.45) is -2.11. The highest BCUT2D eigenvalue weighted by Gasteiger charge is 2.44. The van der Waals surface area contributed by atoms with Crippen LogP contribution in [0.25, 0.3) is 10.9 Å². The Morgan fingerprint density at radius 3 is 2.52 bits per heavy atom. The maximum absolute atomic E-state index is 14.1. The number of halogens is 4. The van der Waals surface area contributed by atoms with Gasteiger partial charge >= 0.3 is 6.18 Å². The van der Waals surface area contributed by atoms with Crippen LogP contribution in [-0.4, -0.2) is 31.4 Å². The van der Waals surface area contributed by atoms with Crippen molar-refractivity contribution in [2.45, 2.75) is 43.8 Å². The molecule has 0 spiro atoms. The third-order valence-corrected chi connectivity index (χ3v) is 5.90. The number of hydrogen-bond donors (Lipinski definition) is 1. The molecular formula is C24H26F4N2O. The molecule has 0 radical (unpaired) electrons. The van der Waals surface area contributed by atoms with E-state index in [1.807, 2.05) is 30.3 Å². The third-order valence-electron chi connectivity index (χ3n) is 5.90. The number of benzene rings is 2. The molecule has 2 unspecified atom stereocenters. The Labute approximate surface area is 179 Å². The third kappa shape index (κ3) is 5.15. The van der Waals surface area contributed by atoms with Gasteiger partial charge in [0.2, 0.25) is 0 Å². The molecule has 1 N–H and O–H groups in total. The fourth-order valence-corrected chi connectivity index (χ4v) is 4.11. The van der Waals surface area contributed by atoms with Gasteiger partial charge in [-0.2, -0.15) is 13.2 Å². The zero-order valence-corrected chi connectivity index (χ0v) is 17.8. The Morgan fingerprint density at radius 1 is 1.10 bits per heavy atom. The van der Waals surface area contributed by atoms with Crippen LogP contribution < -0.4 is 10.1 Å². The zero-order chi connectivity index (χ0) is 22.6. The molecule has 166 valence electrons. The van der Waals surface area contributed by atoms with E-state index in [1.165, 1.54) is 32.4 Å². The second kappa shape index (κ2) is 9.22. The molecule has 31 heavy (non-hydrogen) atoms. The largest absolute Gasteiger partial charge is 0.496 e. The molecule has 0 fully saturated rings. The lowest BCUT2D eigenvalue weighted by molar-refractivity contribution is -0.159. The number of aryl methyl sites for hydroxylation is 1. The van der Waals surface area contributed by atoms with Crippen LogP contribution in [0, 0.1) is 5.82 Å². The predicted molar refractivity (Wildman–Crippen MR) is 114 cm³/mol. The lowest BCUT2D eigenvalue weighted by atomic mass is 9.72. The van der Waals surface area contributed by atoms with Gasteiger partial charge in [0.25, 0.3) is 0 Å². The standard InChI is InChI=1S/C24H26F4N2O/c1-23(15-22(29-2)24(26,27)28,19-14-17(25)8-9-21(19)31-3)12-10-16-11-13-30-20-7-5-4-6-18(16)20/h4-9,11,13-14,22,29H,10,12,15H2,1-3H3. The number of para-hydroxylation sites is 1. The molecule has 0 aliphatic carbocycles. The Balaban J connectivity index is 2.02. The molecule has 0 amide bonds. The molecule has 0 bridgehead atoms. The number of rotatable bonds is 8. The smallest absolute Gasteiger partial charge is 0.403 e. The minimum atomic E-state index is -4.43. The first-order chi connectivity index (χ1) is 14.7. The molecule has 7 heteroatoms.